The van der Waals surface area contributed by atoms with Gasteiger partial charge in [0.1, 0.15) is 5.75 Å². The quantitative estimate of drug-likeness (QED) is 0.923. The molecule has 21 heavy (non-hydrogen) atoms. The molecule has 0 radical (unpaired) electrons. The highest BCUT2D eigenvalue weighted by Gasteiger charge is 2.21. The Balaban J connectivity index is 1.89. The van der Waals surface area contributed by atoms with Gasteiger partial charge in [-0.1, -0.05) is 15.9 Å². The van der Waals surface area contributed by atoms with E-state index in [0.29, 0.717) is 0 Å². The van der Waals surface area contributed by atoms with Crippen molar-refractivity contribution in [3.05, 3.63) is 51.5 Å². The first kappa shape index (κ1) is 14.5. The second-order valence-corrected chi connectivity index (χ2v) is 6.20. The molecule has 1 unspecified atom stereocenters. The zero-order chi connectivity index (χ0) is 14.8. The van der Waals surface area contributed by atoms with Gasteiger partial charge in [0.2, 0.25) is 0 Å². The zero-order valence-electron chi connectivity index (χ0n) is 12.2. The maximum absolute atomic E-state index is 5.80. The van der Waals surface area contributed by atoms with Gasteiger partial charge in [-0.15, -0.1) is 0 Å². The van der Waals surface area contributed by atoms with Crippen LogP contribution in [0.4, 0.5) is 0 Å². The number of likely N-dealkylation sites (N-methyl/N-ethyl adjacent to an activating group) is 1. The van der Waals surface area contributed by atoms with E-state index in [9.17, 15) is 0 Å². The molecular weight excluding hydrogens is 330 g/mol. The van der Waals surface area contributed by atoms with Crippen molar-refractivity contribution in [3.8, 4) is 5.75 Å². The number of nitrogens with zero attached hydrogens (tertiary/aromatic N) is 2. The average molecular weight is 348 g/mol. The highest BCUT2D eigenvalue weighted by atomic mass is 79.9. The molecule has 3 rings (SSSR count). The van der Waals surface area contributed by atoms with Crippen LogP contribution in [0.2, 0.25) is 0 Å². The van der Waals surface area contributed by atoms with E-state index in [2.05, 4.69) is 43.3 Å². The average Bonchev–Trinajstić information content (AvgIpc) is 2.94. The van der Waals surface area contributed by atoms with Gasteiger partial charge in [0, 0.05) is 17.1 Å². The predicted molar refractivity (Wildman–Crippen MR) is 85.6 cm³/mol. The molecule has 0 saturated carbocycles. The highest BCUT2D eigenvalue weighted by molar-refractivity contribution is 9.10. The Morgan fingerprint density at radius 3 is 2.90 bits per heavy atom. The van der Waals surface area contributed by atoms with Crippen LogP contribution >= 0.6 is 15.9 Å². The monoisotopic (exact) mass is 347 g/mol. The lowest BCUT2D eigenvalue weighted by atomic mass is 10.00. The van der Waals surface area contributed by atoms with Gasteiger partial charge in [-0.3, -0.25) is 9.97 Å². The third-order valence-corrected chi connectivity index (χ3v) is 4.21. The van der Waals surface area contributed by atoms with Gasteiger partial charge >= 0.3 is 0 Å². The Labute approximate surface area is 133 Å². The molecule has 2 heterocycles. The van der Waals surface area contributed by atoms with E-state index in [-0.39, 0.29) is 6.04 Å². The Hall–Kier alpha value is -1.46. The van der Waals surface area contributed by atoms with Crippen LogP contribution in [0, 0.1) is 6.92 Å². The second-order valence-electron chi connectivity index (χ2n) is 5.28. The fraction of sp³-hybridized carbons (Fsp3) is 0.375. The third kappa shape index (κ3) is 3.09. The normalized spacial score (nSPS) is 14.6. The van der Waals surface area contributed by atoms with Gasteiger partial charge < -0.3 is 10.1 Å². The summed E-state index contributed by atoms with van der Waals surface area (Å²) in [5.41, 5.74) is 4.37. The van der Waals surface area contributed by atoms with Crippen LogP contribution in [-0.2, 0) is 12.8 Å². The van der Waals surface area contributed by atoms with Gasteiger partial charge in [0.25, 0.3) is 0 Å². The van der Waals surface area contributed by atoms with Crippen molar-refractivity contribution in [1.29, 1.82) is 0 Å². The second kappa shape index (κ2) is 6.12. The van der Waals surface area contributed by atoms with E-state index in [1.165, 1.54) is 11.1 Å². The summed E-state index contributed by atoms with van der Waals surface area (Å²) < 4.78 is 6.90. The van der Waals surface area contributed by atoms with Crippen molar-refractivity contribution in [3.63, 3.8) is 0 Å². The first-order chi connectivity index (χ1) is 10.2. The summed E-state index contributed by atoms with van der Waals surface area (Å²) in [6.07, 6.45) is 5.46. The molecule has 1 aromatic carbocycles. The van der Waals surface area contributed by atoms with Gasteiger partial charge in [-0.25, -0.2) is 0 Å². The lowest BCUT2D eigenvalue weighted by Gasteiger charge is -2.17. The summed E-state index contributed by atoms with van der Waals surface area (Å²) in [7, 11) is 1.95. The van der Waals surface area contributed by atoms with Crippen LogP contribution in [0.15, 0.2) is 29.0 Å². The molecule has 1 aliphatic rings. The molecule has 0 spiro atoms. The molecule has 1 aromatic heterocycles. The van der Waals surface area contributed by atoms with Crippen LogP contribution in [0.3, 0.4) is 0 Å². The molecule has 0 saturated heterocycles. The molecule has 0 bridgehead atoms. The molecule has 1 N–H and O–H groups in total. The molecule has 0 amide bonds. The zero-order valence-corrected chi connectivity index (χ0v) is 13.8. The fourth-order valence-corrected chi connectivity index (χ4v) is 3.21. The molecule has 4 nitrogen and oxygen atoms in total. The first-order valence-corrected chi connectivity index (χ1v) is 7.86. The molecule has 0 fully saturated rings. The van der Waals surface area contributed by atoms with Gasteiger partial charge in [0.05, 0.1) is 30.2 Å². The van der Waals surface area contributed by atoms with Crippen molar-refractivity contribution in [2.45, 2.75) is 25.8 Å². The van der Waals surface area contributed by atoms with Crippen molar-refractivity contribution >= 4 is 15.9 Å². The lowest BCUT2D eigenvalue weighted by molar-refractivity contribution is 0.351. The van der Waals surface area contributed by atoms with E-state index >= 15 is 0 Å². The van der Waals surface area contributed by atoms with Crippen LogP contribution in [0.25, 0.3) is 0 Å². The van der Waals surface area contributed by atoms with Gasteiger partial charge in [0.15, 0.2) is 0 Å². The van der Waals surface area contributed by atoms with Gasteiger partial charge in [-0.05, 0) is 43.7 Å². The minimum absolute atomic E-state index is 0.126. The summed E-state index contributed by atoms with van der Waals surface area (Å²) in [5, 5.41) is 3.32. The van der Waals surface area contributed by atoms with Crippen LogP contribution in [0.1, 0.15) is 28.6 Å². The summed E-state index contributed by atoms with van der Waals surface area (Å²) in [5.74, 6) is 1.04. The first-order valence-electron chi connectivity index (χ1n) is 7.07. The smallest absolute Gasteiger partial charge is 0.125 e. The molecular formula is C16H18BrN3O. The van der Waals surface area contributed by atoms with Crippen molar-refractivity contribution in [1.82, 2.24) is 15.3 Å². The van der Waals surface area contributed by atoms with E-state index in [0.717, 1.165) is 41.1 Å². The Morgan fingerprint density at radius 2 is 2.19 bits per heavy atom. The number of rotatable bonds is 4. The molecule has 1 atom stereocenters. The number of aryl methyl sites for hydroxylation is 1. The molecule has 110 valence electrons. The summed E-state index contributed by atoms with van der Waals surface area (Å²) in [6, 6.07) is 4.41. The molecule has 5 heteroatoms. The number of nitrogens with one attached hydrogen (secondary N) is 1. The van der Waals surface area contributed by atoms with E-state index in [1.807, 2.05) is 26.4 Å². The number of halogens is 1. The maximum Gasteiger partial charge on any atom is 0.125 e. The van der Waals surface area contributed by atoms with Gasteiger partial charge in [-0.2, -0.15) is 0 Å². The third-order valence-electron chi connectivity index (χ3n) is 3.76. The van der Waals surface area contributed by atoms with E-state index in [4.69, 9.17) is 4.74 Å². The summed E-state index contributed by atoms with van der Waals surface area (Å²) in [6.45, 7) is 2.72. The maximum atomic E-state index is 5.80. The Kier molecular flexibility index (Phi) is 4.22. The van der Waals surface area contributed by atoms with E-state index < -0.39 is 0 Å². The van der Waals surface area contributed by atoms with Crippen LogP contribution < -0.4 is 10.1 Å². The fourth-order valence-electron chi connectivity index (χ4n) is 2.65. The highest BCUT2D eigenvalue weighted by Crippen LogP contribution is 2.35. The largest absolute Gasteiger partial charge is 0.493 e. The number of fused-ring (bicyclic) bond motifs is 1. The summed E-state index contributed by atoms with van der Waals surface area (Å²) >= 11 is 3.59. The number of aromatic nitrogens is 2. The lowest BCUT2D eigenvalue weighted by Crippen LogP contribution is -2.20. The Morgan fingerprint density at radius 1 is 1.33 bits per heavy atom. The minimum atomic E-state index is 0.126. The topological polar surface area (TPSA) is 47.0 Å². The molecule has 0 aliphatic carbocycles. The predicted octanol–water partition coefficient (Wildman–Crippen LogP) is 2.99. The molecule has 2 aromatic rings. The standard InChI is InChI=1S/C16H18BrN3O/c1-10-8-20-15(9-19-10)14(18-2)7-12-6-13(17)5-11-3-4-21-16(11)12/h5-6,8-9,14,18H,3-4,7H2,1-2H3. The SMILES string of the molecule is CNC(Cc1cc(Br)cc2c1OCC2)c1cnc(C)cn1. The van der Waals surface area contributed by atoms with Crippen molar-refractivity contribution in [2.24, 2.45) is 0 Å². The van der Waals surface area contributed by atoms with Crippen molar-refractivity contribution < 1.29 is 4.74 Å². The van der Waals surface area contributed by atoms with Crippen LogP contribution in [0.5, 0.6) is 5.75 Å². The van der Waals surface area contributed by atoms with E-state index in [1.54, 1.807) is 0 Å². The number of hydrogen-bond acceptors (Lipinski definition) is 4. The number of ether oxygens (including phenoxy) is 1. The number of hydrogen-bond donors (Lipinski definition) is 1. The minimum Gasteiger partial charge on any atom is -0.493 e. The Bertz CT molecular complexity index is 643. The number of benzene rings is 1. The molecule has 1 aliphatic heterocycles. The summed E-state index contributed by atoms with van der Waals surface area (Å²) in [4.78, 5) is 8.82. The van der Waals surface area contributed by atoms with Crippen LogP contribution in [-0.4, -0.2) is 23.6 Å². The van der Waals surface area contributed by atoms with Crippen molar-refractivity contribution in [2.75, 3.05) is 13.7 Å².